The van der Waals surface area contributed by atoms with Crippen molar-refractivity contribution >= 4 is 23.4 Å². The quantitative estimate of drug-likeness (QED) is 0.557. The Balaban J connectivity index is 2.13. The van der Waals surface area contributed by atoms with E-state index >= 15 is 0 Å². The van der Waals surface area contributed by atoms with Gasteiger partial charge < -0.3 is 15.0 Å². The molecule has 1 N–H and O–H groups in total. The van der Waals surface area contributed by atoms with Gasteiger partial charge in [-0.25, -0.2) is 0 Å². The molecule has 6 heteroatoms. The highest BCUT2D eigenvalue weighted by Crippen LogP contribution is 2.20. The number of carbonyl (C=O) groups excluding carboxylic acids is 2. The normalized spacial score (nSPS) is 11.6. The summed E-state index contributed by atoms with van der Waals surface area (Å²) in [7, 11) is 0. The molecule has 0 bridgehead atoms. The fourth-order valence-electron chi connectivity index (χ4n) is 3.13. The van der Waals surface area contributed by atoms with Crippen molar-refractivity contribution in [1.29, 1.82) is 0 Å². The van der Waals surface area contributed by atoms with Crippen molar-refractivity contribution in [1.82, 2.24) is 10.2 Å². The third kappa shape index (κ3) is 7.06. The minimum absolute atomic E-state index is 0.142. The molecule has 0 radical (unpaired) electrons. The van der Waals surface area contributed by atoms with Gasteiger partial charge in [-0.15, -0.1) is 0 Å². The molecule has 5 nitrogen and oxygen atoms in total. The van der Waals surface area contributed by atoms with Crippen LogP contribution in [0.2, 0.25) is 5.02 Å². The van der Waals surface area contributed by atoms with E-state index in [4.69, 9.17) is 16.3 Å². The van der Waals surface area contributed by atoms with Gasteiger partial charge in [-0.2, -0.15) is 0 Å². The van der Waals surface area contributed by atoms with Crippen molar-refractivity contribution in [2.24, 2.45) is 0 Å². The van der Waals surface area contributed by atoms with E-state index < -0.39 is 6.04 Å². The van der Waals surface area contributed by atoms with Crippen LogP contribution in [0.3, 0.4) is 0 Å². The number of carbonyl (C=O) groups is 2. The third-order valence-electron chi connectivity index (χ3n) is 4.92. The number of nitrogens with one attached hydrogen (secondary N) is 1. The molecule has 0 saturated carbocycles. The molecule has 0 saturated heterocycles. The first-order valence-electron chi connectivity index (χ1n) is 10.3. The van der Waals surface area contributed by atoms with Crippen LogP contribution in [-0.2, 0) is 16.1 Å². The van der Waals surface area contributed by atoms with Crippen LogP contribution in [0.25, 0.3) is 0 Å². The second-order valence-electron chi connectivity index (χ2n) is 7.53. The van der Waals surface area contributed by atoms with E-state index in [1.54, 1.807) is 19.1 Å². The number of ether oxygens (including phenoxy) is 1. The highest BCUT2D eigenvalue weighted by atomic mass is 35.5. The van der Waals surface area contributed by atoms with Crippen LogP contribution in [0.1, 0.15) is 43.4 Å². The summed E-state index contributed by atoms with van der Waals surface area (Å²) in [5.74, 6) is 0.232. The molecule has 0 heterocycles. The zero-order valence-electron chi connectivity index (χ0n) is 18.2. The Bertz CT molecular complexity index is 869. The predicted molar refractivity (Wildman–Crippen MR) is 121 cm³/mol. The van der Waals surface area contributed by atoms with Crippen molar-refractivity contribution < 1.29 is 14.3 Å². The van der Waals surface area contributed by atoms with Gasteiger partial charge in [0.1, 0.15) is 11.8 Å². The molecule has 0 unspecified atom stereocenters. The van der Waals surface area contributed by atoms with Crippen molar-refractivity contribution in [3.63, 3.8) is 0 Å². The lowest BCUT2D eigenvalue weighted by atomic mass is 10.1. The number of hydrogen-bond donors (Lipinski definition) is 1. The minimum atomic E-state index is -0.629. The molecule has 2 rings (SSSR count). The Morgan fingerprint density at radius 1 is 1.17 bits per heavy atom. The monoisotopic (exact) mass is 430 g/mol. The van der Waals surface area contributed by atoms with Crippen molar-refractivity contribution in [3.05, 3.63) is 64.2 Å². The van der Waals surface area contributed by atoms with E-state index in [1.165, 1.54) is 4.90 Å². The Hall–Kier alpha value is -2.53. The molecule has 0 aliphatic rings. The maximum atomic E-state index is 13.0. The lowest BCUT2D eigenvalue weighted by Crippen LogP contribution is -2.49. The minimum Gasteiger partial charge on any atom is -0.483 e. The maximum Gasteiger partial charge on any atom is 0.261 e. The van der Waals surface area contributed by atoms with Gasteiger partial charge in [0.05, 0.1) is 0 Å². The maximum absolute atomic E-state index is 13.0. The van der Waals surface area contributed by atoms with Crippen LogP contribution in [0.4, 0.5) is 0 Å². The van der Waals surface area contributed by atoms with Gasteiger partial charge in [0.15, 0.2) is 6.61 Å². The summed E-state index contributed by atoms with van der Waals surface area (Å²) in [5.41, 5.74) is 2.95. The van der Waals surface area contributed by atoms with Gasteiger partial charge in [0, 0.05) is 18.1 Å². The summed E-state index contributed by atoms with van der Waals surface area (Å²) in [6, 6.07) is 12.5. The molecule has 162 valence electrons. The van der Waals surface area contributed by atoms with E-state index in [2.05, 4.69) is 12.2 Å². The first-order valence-corrected chi connectivity index (χ1v) is 10.7. The average molecular weight is 431 g/mol. The van der Waals surface area contributed by atoms with Crippen LogP contribution in [-0.4, -0.2) is 35.9 Å². The predicted octanol–water partition coefficient (Wildman–Crippen LogP) is 4.67. The summed E-state index contributed by atoms with van der Waals surface area (Å²) >= 11 is 6.10. The topological polar surface area (TPSA) is 58.6 Å². The van der Waals surface area contributed by atoms with E-state index in [-0.39, 0.29) is 25.0 Å². The number of unbranched alkanes of at least 4 members (excludes halogenated alkanes) is 1. The van der Waals surface area contributed by atoms with E-state index in [0.717, 1.165) is 29.5 Å². The van der Waals surface area contributed by atoms with Gasteiger partial charge >= 0.3 is 0 Å². The molecule has 0 aliphatic heterocycles. The lowest BCUT2D eigenvalue weighted by Gasteiger charge is -2.29. The van der Waals surface area contributed by atoms with Crippen molar-refractivity contribution in [3.8, 4) is 5.75 Å². The number of rotatable bonds is 10. The molecule has 30 heavy (non-hydrogen) atoms. The first kappa shape index (κ1) is 23.7. The lowest BCUT2D eigenvalue weighted by molar-refractivity contribution is -0.142. The molecule has 0 aliphatic carbocycles. The number of amides is 2. The Morgan fingerprint density at radius 3 is 2.60 bits per heavy atom. The zero-order chi connectivity index (χ0) is 22.1. The van der Waals surface area contributed by atoms with Crippen molar-refractivity contribution in [2.45, 2.75) is 53.1 Å². The van der Waals surface area contributed by atoms with Crippen LogP contribution in [0.15, 0.2) is 42.5 Å². The molecule has 0 fully saturated rings. The molecular weight excluding hydrogens is 400 g/mol. The largest absolute Gasteiger partial charge is 0.483 e. The SMILES string of the molecule is CCCCNC(=O)[C@H](C)N(Cc1cccc(Cl)c1)C(=O)COc1ccc(C)cc1C. The number of aryl methyl sites for hydroxylation is 2. The Labute approximate surface area is 184 Å². The second kappa shape index (κ2) is 11.6. The molecule has 2 aromatic carbocycles. The fraction of sp³-hybridized carbons (Fsp3) is 0.417. The zero-order valence-corrected chi connectivity index (χ0v) is 19.0. The number of hydrogen-bond acceptors (Lipinski definition) is 3. The number of nitrogens with zero attached hydrogens (tertiary/aromatic N) is 1. The second-order valence-corrected chi connectivity index (χ2v) is 7.97. The number of halogens is 1. The van der Waals surface area contributed by atoms with E-state index in [0.29, 0.717) is 17.3 Å². The summed E-state index contributed by atoms with van der Waals surface area (Å²) in [4.78, 5) is 27.2. The van der Waals surface area contributed by atoms with Gasteiger partial charge in [-0.05, 0) is 56.5 Å². The van der Waals surface area contributed by atoms with Gasteiger partial charge in [-0.3, -0.25) is 9.59 Å². The van der Waals surface area contributed by atoms with Crippen LogP contribution >= 0.6 is 11.6 Å². The summed E-state index contributed by atoms with van der Waals surface area (Å²) in [6.07, 6.45) is 1.89. The van der Waals surface area contributed by atoms with Crippen LogP contribution in [0, 0.1) is 13.8 Å². The Morgan fingerprint density at radius 2 is 1.93 bits per heavy atom. The molecule has 2 aromatic rings. The van der Waals surface area contributed by atoms with Gasteiger partial charge in [0.2, 0.25) is 5.91 Å². The van der Waals surface area contributed by atoms with Crippen molar-refractivity contribution in [2.75, 3.05) is 13.2 Å². The third-order valence-corrected chi connectivity index (χ3v) is 5.16. The van der Waals surface area contributed by atoms with Crippen LogP contribution in [0.5, 0.6) is 5.75 Å². The van der Waals surface area contributed by atoms with Gasteiger partial charge in [-0.1, -0.05) is 54.8 Å². The molecular formula is C24H31ClN2O3. The summed E-state index contributed by atoms with van der Waals surface area (Å²) in [6.45, 7) is 8.48. The smallest absolute Gasteiger partial charge is 0.261 e. The average Bonchev–Trinajstić information content (AvgIpc) is 2.71. The van der Waals surface area contributed by atoms with E-state index in [9.17, 15) is 9.59 Å². The fourth-order valence-corrected chi connectivity index (χ4v) is 3.35. The molecule has 0 spiro atoms. The van der Waals surface area contributed by atoms with Gasteiger partial charge in [0.25, 0.3) is 5.91 Å². The van der Waals surface area contributed by atoms with E-state index in [1.807, 2.05) is 44.2 Å². The van der Waals surface area contributed by atoms with Crippen LogP contribution < -0.4 is 10.1 Å². The molecule has 1 atom stereocenters. The molecule has 2 amide bonds. The first-order chi connectivity index (χ1) is 14.3. The highest BCUT2D eigenvalue weighted by molar-refractivity contribution is 6.30. The summed E-state index contributed by atoms with van der Waals surface area (Å²) < 4.78 is 5.78. The molecule has 0 aromatic heterocycles. The number of benzene rings is 2. The standard InChI is InChI=1S/C24H31ClN2O3/c1-5-6-12-26-24(29)19(4)27(15-20-8-7-9-21(25)14-20)23(28)16-30-22-11-10-17(2)13-18(22)3/h7-11,13-14,19H,5-6,12,15-16H2,1-4H3,(H,26,29)/t19-/m0/s1. The highest BCUT2D eigenvalue weighted by Gasteiger charge is 2.26. The Kier molecular flexibility index (Phi) is 9.18. The summed E-state index contributed by atoms with van der Waals surface area (Å²) in [5, 5.41) is 3.49.